The van der Waals surface area contributed by atoms with Gasteiger partial charge in [0.25, 0.3) is 0 Å². The van der Waals surface area contributed by atoms with E-state index in [-0.39, 0.29) is 153 Å². The molecule has 0 spiro atoms. The highest BCUT2D eigenvalue weighted by Gasteiger charge is 2.61. The van der Waals surface area contributed by atoms with E-state index in [4.69, 9.17) is 95.0 Å². The van der Waals surface area contributed by atoms with E-state index in [9.17, 15) is 34.8 Å². The van der Waals surface area contributed by atoms with E-state index in [0.717, 1.165) is 23.1 Å². The molecule has 10 atom stereocenters. The summed E-state index contributed by atoms with van der Waals surface area (Å²) in [6.45, 7) is 5.20. The number of nitrogens with zero attached hydrogens (tertiary/aromatic N) is 7. The van der Waals surface area contributed by atoms with E-state index in [1.807, 2.05) is 0 Å². The van der Waals surface area contributed by atoms with Gasteiger partial charge in [0.05, 0.1) is 151 Å². The first kappa shape index (κ1) is 71.4. The molecular weight excluding hydrogens is 1230 g/mol. The van der Waals surface area contributed by atoms with Crippen molar-refractivity contribution in [3.63, 3.8) is 0 Å². The number of amides is 3. The zero-order valence-corrected chi connectivity index (χ0v) is 50.7. The fourth-order valence-electron chi connectivity index (χ4n) is 8.90. The van der Waals surface area contributed by atoms with Crippen LogP contribution >= 0.6 is 46.3 Å². The highest BCUT2D eigenvalue weighted by molar-refractivity contribution is 7.10. The van der Waals surface area contributed by atoms with Crippen LogP contribution in [0.3, 0.4) is 0 Å². The number of anilines is 2. The Morgan fingerprint density at radius 3 is 1.41 bits per heavy atom. The Labute approximate surface area is 514 Å². The molecule has 0 unspecified atom stereocenters. The normalized spacial score (nSPS) is 24.9. The van der Waals surface area contributed by atoms with Crippen molar-refractivity contribution < 1.29 is 101 Å². The maximum Gasteiger partial charge on any atom is 0.236 e. The van der Waals surface area contributed by atoms with Crippen LogP contribution in [0, 0.1) is 0 Å². The Kier molecular flexibility index (Phi) is 33.3. The van der Waals surface area contributed by atoms with E-state index in [1.165, 1.54) is 0 Å². The van der Waals surface area contributed by atoms with Crippen LogP contribution in [0.4, 0.5) is 10.3 Å². The number of fused-ring (bicyclic) bond motifs is 4. The lowest BCUT2D eigenvalue weighted by molar-refractivity contribution is -0.230. The molecule has 0 saturated carbocycles. The van der Waals surface area contributed by atoms with Crippen molar-refractivity contribution in [1.29, 1.82) is 0 Å². The van der Waals surface area contributed by atoms with Crippen LogP contribution in [0.1, 0.15) is 38.5 Å². The van der Waals surface area contributed by atoms with Gasteiger partial charge in [-0.1, -0.05) is 11.5 Å². The van der Waals surface area contributed by atoms with Crippen LogP contribution in [0.15, 0.2) is 5.11 Å². The maximum atomic E-state index is 12.7. The summed E-state index contributed by atoms with van der Waals surface area (Å²) < 4.78 is 87.2. The Hall–Kier alpha value is -3.70. The zero-order valence-electron chi connectivity index (χ0n) is 47.5. The van der Waals surface area contributed by atoms with Gasteiger partial charge in [-0.05, 0) is 41.6 Å². The molecule has 37 heteroatoms. The third-order valence-corrected chi connectivity index (χ3v) is 15.2. The molecule has 33 nitrogen and oxygen atoms in total. The average Bonchev–Trinajstić information content (AvgIpc) is 1.86. The molecule has 4 fully saturated rings. The summed E-state index contributed by atoms with van der Waals surface area (Å²) in [5, 5.41) is 62.0. The standard InChI is InChI=1S/C49H80Cl2N12O21S2/c50-44-59-46(85-61-44)57-36-38(67)40(69)48(30-81-42(36)83-48)28-79-24-22-75-20-18-73-16-14-71-12-8-53-33(64)5-10-77-26-32(56-35(66)4-2-1-3-7-55-63-52)27-78-11-6-34(65)54-9-13-72-15-17-74-19-21-76-23-25-80-29-49-31-82-43(84-49)37(39(68)41(49)70)58-47-60-45(51)62-86-47/h32,36-43,67-70H,1-31H2,(H,53,64)(H,54,65)(H,56,66)(H,57,59,61)(H,58,60,62)/t36-,37-,38-,39-,40-,41-,42+,43+,48+,49+/m1/s1. The Balaban J connectivity index is 0.701. The number of ether oxygens (including phenoxy) is 14. The molecule has 0 aliphatic carbocycles. The summed E-state index contributed by atoms with van der Waals surface area (Å²) in [6, 6.07) is -2.12. The number of hydrogen-bond acceptors (Lipinski definition) is 30. The van der Waals surface area contributed by atoms with Gasteiger partial charge in [-0.2, -0.15) is 18.7 Å². The van der Waals surface area contributed by atoms with Gasteiger partial charge in [0.2, 0.25) is 38.6 Å². The van der Waals surface area contributed by atoms with E-state index in [2.05, 4.69) is 55.3 Å². The van der Waals surface area contributed by atoms with E-state index < -0.39 is 66.3 Å². The highest BCUT2D eigenvalue weighted by Crippen LogP contribution is 2.40. The lowest BCUT2D eigenvalue weighted by Gasteiger charge is -2.42. The minimum absolute atomic E-state index is 0.0205. The predicted octanol–water partition coefficient (Wildman–Crippen LogP) is -0.814. The molecular formula is C49H80Cl2N12O21S2. The number of azide groups is 1. The molecule has 9 N–H and O–H groups in total. The van der Waals surface area contributed by atoms with Crippen LogP contribution in [0.5, 0.6) is 0 Å². The van der Waals surface area contributed by atoms with Gasteiger partial charge in [-0.25, -0.2) is 0 Å². The second-order valence-electron chi connectivity index (χ2n) is 19.8. The van der Waals surface area contributed by atoms with Crippen LogP contribution in [0.25, 0.3) is 10.4 Å². The van der Waals surface area contributed by atoms with Crippen molar-refractivity contribution in [3.05, 3.63) is 21.0 Å². The lowest BCUT2D eigenvalue weighted by atomic mass is 9.88. The first-order valence-electron chi connectivity index (χ1n) is 28.2. The molecule has 4 bridgehead atoms. The number of carbonyl (C=O) groups excluding carboxylic acids is 3. The van der Waals surface area contributed by atoms with Gasteiger partial charge in [0.15, 0.2) is 12.6 Å². The first-order valence-corrected chi connectivity index (χ1v) is 30.6. The van der Waals surface area contributed by atoms with E-state index >= 15 is 0 Å². The number of aromatic nitrogens is 4. The third-order valence-electron chi connectivity index (χ3n) is 13.4. The Bertz CT molecular complexity index is 2180. The largest absolute Gasteiger partial charge is 0.388 e. The fraction of sp³-hybridized carbons (Fsp3) is 0.857. The zero-order chi connectivity index (χ0) is 61.2. The number of aliphatic hydroxyl groups is 4. The molecule has 2 aromatic rings. The van der Waals surface area contributed by atoms with Gasteiger partial charge >= 0.3 is 0 Å². The van der Waals surface area contributed by atoms with E-state index in [0.29, 0.717) is 88.9 Å². The number of hydrogen-bond donors (Lipinski definition) is 9. The first-order chi connectivity index (χ1) is 41.8. The molecule has 4 saturated heterocycles. The average molecular weight is 1310 g/mol. The SMILES string of the molecule is [N-]=[N+]=NCCCCCC(=O)NC(COCCC(=O)NCCOCCOCCOCCOC[C@@]12CO[C@@H](O1)[C@H](Nc1nc(Cl)ns1)[C@@H](O)[C@H]2O)COCCC(=O)NCCOCCOCCOCCOC[C@@]12CO[C@@H](O1)[C@H](Nc1nc(Cl)ns1)[C@@H](O)[C@H]2O. The van der Waals surface area contributed by atoms with Crippen LogP contribution in [0.2, 0.25) is 10.6 Å². The quantitative estimate of drug-likeness (QED) is 0.0169. The van der Waals surface area contributed by atoms with Gasteiger partial charge in [-0.15, -0.1) is 0 Å². The summed E-state index contributed by atoms with van der Waals surface area (Å²) in [6.07, 6.45) is -4.35. The van der Waals surface area contributed by atoms with Crippen molar-refractivity contribution in [2.75, 3.05) is 176 Å². The number of halogens is 2. The third kappa shape index (κ3) is 24.9. The second-order valence-corrected chi connectivity index (χ2v) is 22.0. The van der Waals surface area contributed by atoms with E-state index in [1.54, 1.807) is 0 Å². The number of rotatable bonds is 49. The van der Waals surface area contributed by atoms with Crippen molar-refractivity contribution in [1.82, 2.24) is 34.7 Å². The molecule has 4 aliphatic heterocycles. The molecule has 2 aromatic heterocycles. The number of aliphatic hydroxyl groups excluding tert-OH is 4. The van der Waals surface area contributed by atoms with Crippen molar-refractivity contribution >= 4 is 74.3 Å². The molecule has 86 heavy (non-hydrogen) atoms. The van der Waals surface area contributed by atoms with Crippen molar-refractivity contribution in [2.45, 2.75) is 105 Å². The van der Waals surface area contributed by atoms with Crippen molar-refractivity contribution in [2.24, 2.45) is 5.11 Å². The number of unbranched alkanes of at least 4 members (excludes halogenated alkanes) is 2. The summed E-state index contributed by atoms with van der Waals surface area (Å²) in [7, 11) is 0. The van der Waals surface area contributed by atoms with Crippen LogP contribution in [-0.2, 0) is 80.7 Å². The monoisotopic (exact) mass is 1310 g/mol. The Morgan fingerprint density at radius 2 is 1.00 bits per heavy atom. The molecule has 0 aromatic carbocycles. The van der Waals surface area contributed by atoms with Crippen LogP contribution in [-0.4, -0.2) is 288 Å². The summed E-state index contributed by atoms with van der Waals surface area (Å²) >= 11 is 13.6. The summed E-state index contributed by atoms with van der Waals surface area (Å²) in [5.41, 5.74) is 6.01. The fourth-order valence-corrected chi connectivity index (χ4v) is 10.4. The smallest absolute Gasteiger partial charge is 0.236 e. The maximum absolute atomic E-state index is 12.7. The topological polar surface area (TPSA) is 422 Å². The minimum Gasteiger partial charge on any atom is -0.388 e. The second kappa shape index (κ2) is 40.1. The molecule has 3 amide bonds. The molecule has 6 rings (SSSR count). The summed E-state index contributed by atoms with van der Waals surface area (Å²) in [4.78, 5) is 48.3. The number of nitrogens with one attached hydrogen (secondary N) is 5. The summed E-state index contributed by atoms with van der Waals surface area (Å²) in [5.74, 6) is -0.701. The van der Waals surface area contributed by atoms with Gasteiger partial charge in [-0.3, -0.25) is 14.4 Å². The van der Waals surface area contributed by atoms with Crippen molar-refractivity contribution in [3.8, 4) is 0 Å². The molecule has 0 radical (unpaired) electrons. The highest BCUT2D eigenvalue weighted by atomic mass is 35.5. The van der Waals surface area contributed by atoms with Gasteiger partial charge < -0.3 is 113 Å². The van der Waals surface area contributed by atoms with Crippen LogP contribution < -0.4 is 26.6 Å². The van der Waals surface area contributed by atoms with Gasteiger partial charge in [0, 0.05) is 66.9 Å². The molecule has 6 heterocycles. The number of carbonyl (C=O) groups is 3. The Morgan fingerprint density at radius 1 is 0.581 bits per heavy atom. The molecule has 4 aliphatic rings. The lowest BCUT2D eigenvalue weighted by Crippen LogP contribution is -2.64. The van der Waals surface area contributed by atoms with Gasteiger partial charge in [0.1, 0.15) is 47.7 Å². The predicted molar refractivity (Wildman–Crippen MR) is 304 cm³/mol. The minimum atomic E-state index is -1.29. The molecule has 488 valence electrons.